The number of benzene rings is 1. The van der Waals surface area contributed by atoms with E-state index < -0.39 is 0 Å². The van der Waals surface area contributed by atoms with Crippen molar-refractivity contribution in [1.82, 2.24) is 14.6 Å². The lowest BCUT2D eigenvalue weighted by Crippen LogP contribution is -2.10. The van der Waals surface area contributed by atoms with Crippen molar-refractivity contribution in [2.75, 3.05) is 5.32 Å². The van der Waals surface area contributed by atoms with Gasteiger partial charge >= 0.3 is 0 Å². The third-order valence-corrected chi connectivity index (χ3v) is 6.63. The molecule has 5 rings (SSSR count). The summed E-state index contributed by atoms with van der Waals surface area (Å²) in [5.41, 5.74) is 3.28. The zero-order chi connectivity index (χ0) is 17.5. The maximum atomic E-state index is 12.6. The zero-order valence-electron chi connectivity index (χ0n) is 13.9. The number of aromatic nitrogens is 3. The van der Waals surface area contributed by atoms with E-state index in [4.69, 9.17) is 0 Å². The number of carbonyl (C=O) groups excluding carboxylic acids is 1. The largest absolute Gasteiger partial charge is 0.296 e. The van der Waals surface area contributed by atoms with Gasteiger partial charge in [-0.3, -0.25) is 10.1 Å². The average molecular weight is 380 g/mol. The van der Waals surface area contributed by atoms with Crippen LogP contribution in [0.3, 0.4) is 0 Å². The maximum absolute atomic E-state index is 12.6. The summed E-state index contributed by atoms with van der Waals surface area (Å²) in [6, 6.07) is 12.0. The molecule has 1 aromatic carbocycles. The summed E-state index contributed by atoms with van der Waals surface area (Å²) in [6.45, 7) is 0. The molecule has 26 heavy (non-hydrogen) atoms. The highest BCUT2D eigenvalue weighted by atomic mass is 32.1. The summed E-state index contributed by atoms with van der Waals surface area (Å²) in [5.74, 6) is -0.0790. The van der Waals surface area contributed by atoms with Gasteiger partial charge in [0.1, 0.15) is 0 Å². The van der Waals surface area contributed by atoms with Gasteiger partial charge in [0, 0.05) is 10.4 Å². The second-order valence-corrected chi connectivity index (χ2v) is 8.44. The molecule has 0 atom stereocenters. The number of anilines is 1. The van der Waals surface area contributed by atoms with Crippen LogP contribution >= 0.6 is 22.7 Å². The van der Waals surface area contributed by atoms with Crippen molar-refractivity contribution in [3.8, 4) is 11.3 Å². The van der Waals surface area contributed by atoms with Crippen molar-refractivity contribution >= 4 is 38.7 Å². The Kier molecular flexibility index (Phi) is 3.83. The molecule has 1 aliphatic rings. The first-order valence-electron chi connectivity index (χ1n) is 8.61. The van der Waals surface area contributed by atoms with Crippen molar-refractivity contribution < 1.29 is 4.79 Å². The topological polar surface area (TPSA) is 59.3 Å². The Morgan fingerprint density at radius 3 is 2.77 bits per heavy atom. The molecule has 0 bridgehead atoms. The third kappa shape index (κ3) is 2.83. The standard InChI is InChI=1S/C19H16N4OS2/c24-17(16-10-13-8-4-5-9-15(13)25-16)21-18-22-23-11-14(20-19(23)26-18)12-6-2-1-3-7-12/h1-3,6-7,10-11H,4-5,8-9H2,(H,21,22,24). The van der Waals surface area contributed by atoms with Crippen LogP contribution in [0.25, 0.3) is 16.2 Å². The van der Waals surface area contributed by atoms with Crippen LogP contribution in [0, 0.1) is 0 Å². The van der Waals surface area contributed by atoms with Crippen LogP contribution in [0.2, 0.25) is 0 Å². The van der Waals surface area contributed by atoms with Crippen LogP contribution in [-0.2, 0) is 12.8 Å². The smallest absolute Gasteiger partial charge is 0.267 e. The fourth-order valence-electron chi connectivity index (χ4n) is 3.26. The molecule has 0 unspecified atom stereocenters. The number of nitrogens with one attached hydrogen (secondary N) is 1. The highest BCUT2D eigenvalue weighted by Gasteiger charge is 2.19. The minimum atomic E-state index is -0.0790. The van der Waals surface area contributed by atoms with Gasteiger partial charge in [0.05, 0.1) is 16.8 Å². The highest BCUT2D eigenvalue weighted by molar-refractivity contribution is 7.20. The molecule has 7 heteroatoms. The Morgan fingerprint density at radius 1 is 1.12 bits per heavy atom. The van der Waals surface area contributed by atoms with E-state index in [0.717, 1.165) is 33.9 Å². The number of hydrogen-bond donors (Lipinski definition) is 1. The van der Waals surface area contributed by atoms with Crippen LogP contribution < -0.4 is 5.32 Å². The van der Waals surface area contributed by atoms with Gasteiger partial charge in [-0.25, -0.2) is 9.50 Å². The van der Waals surface area contributed by atoms with E-state index in [1.165, 1.54) is 34.6 Å². The maximum Gasteiger partial charge on any atom is 0.267 e. The van der Waals surface area contributed by atoms with Gasteiger partial charge in [-0.15, -0.1) is 16.4 Å². The van der Waals surface area contributed by atoms with E-state index in [2.05, 4.69) is 15.4 Å². The molecule has 1 aliphatic carbocycles. The first-order valence-corrected chi connectivity index (χ1v) is 10.2. The van der Waals surface area contributed by atoms with Crippen LogP contribution in [-0.4, -0.2) is 20.5 Å². The fraction of sp³-hybridized carbons (Fsp3) is 0.211. The number of hydrogen-bond acceptors (Lipinski definition) is 5. The van der Waals surface area contributed by atoms with Gasteiger partial charge in [-0.2, -0.15) is 0 Å². The number of rotatable bonds is 3. The van der Waals surface area contributed by atoms with E-state index in [1.54, 1.807) is 15.9 Å². The minimum absolute atomic E-state index is 0.0790. The predicted molar refractivity (Wildman–Crippen MR) is 105 cm³/mol. The number of imidazole rings is 1. The summed E-state index contributed by atoms with van der Waals surface area (Å²) >= 11 is 3.00. The number of nitrogens with zero attached hydrogens (tertiary/aromatic N) is 3. The number of aryl methyl sites for hydroxylation is 2. The van der Waals surface area contributed by atoms with Gasteiger partial charge in [-0.1, -0.05) is 41.7 Å². The lowest BCUT2D eigenvalue weighted by molar-refractivity contribution is 0.103. The van der Waals surface area contributed by atoms with Crippen LogP contribution in [0.1, 0.15) is 33.0 Å². The molecule has 4 aromatic rings. The van der Waals surface area contributed by atoms with Crippen LogP contribution in [0.4, 0.5) is 5.13 Å². The Bertz CT molecular complexity index is 1040. The number of carbonyl (C=O) groups is 1. The highest BCUT2D eigenvalue weighted by Crippen LogP contribution is 2.31. The van der Waals surface area contributed by atoms with Crippen LogP contribution in [0.5, 0.6) is 0 Å². The Hall–Kier alpha value is -2.51. The van der Waals surface area contributed by atoms with E-state index in [9.17, 15) is 4.79 Å². The quantitative estimate of drug-likeness (QED) is 0.563. The van der Waals surface area contributed by atoms with Crippen molar-refractivity contribution in [3.63, 3.8) is 0 Å². The van der Waals surface area contributed by atoms with Gasteiger partial charge in [0.2, 0.25) is 10.1 Å². The second-order valence-electron chi connectivity index (χ2n) is 6.35. The molecule has 5 nitrogen and oxygen atoms in total. The lowest BCUT2D eigenvalue weighted by Gasteiger charge is -2.08. The summed E-state index contributed by atoms with van der Waals surface area (Å²) < 4.78 is 1.72. The first kappa shape index (κ1) is 15.7. The third-order valence-electron chi connectivity index (χ3n) is 4.55. The normalized spacial score (nSPS) is 13.7. The lowest BCUT2D eigenvalue weighted by atomic mass is 9.99. The summed E-state index contributed by atoms with van der Waals surface area (Å²) in [4.78, 5) is 20.1. The number of amides is 1. The number of fused-ring (bicyclic) bond motifs is 2. The minimum Gasteiger partial charge on any atom is -0.296 e. The molecule has 0 fully saturated rings. The monoisotopic (exact) mass is 380 g/mol. The molecule has 0 saturated carbocycles. The summed E-state index contributed by atoms with van der Waals surface area (Å²) in [6.07, 6.45) is 6.52. The molecule has 0 aliphatic heterocycles. The molecule has 3 heterocycles. The van der Waals surface area contributed by atoms with Crippen molar-refractivity contribution in [2.24, 2.45) is 0 Å². The molecular formula is C19H16N4OS2. The zero-order valence-corrected chi connectivity index (χ0v) is 15.6. The SMILES string of the molecule is O=C(Nc1nn2cc(-c3ccccc3)nc2s1)c1cc2c(s1)CCCC2. The Balaban J connectivity index is 1.37. The van der Waals surface area contributed by atoms with Gasteiger partial charge < -0.3 is 0 Å². The molecule has 0 radical (unpaired) electrons. The van der Waals surface area contributed by atoms with Crippen LogP contribution in [0.15, 0.2) is 42.6 Å². The van der Waals surface area contributed by atoms with E-state index in [0.29, 0.717) is 5.13 Å². The summed E-state index contributed by atoms with van der Waals surface area (Å²) in [7, 11) is 0. The van der Waals surface area contributed by atoms with Gasteiger partial charge in [-0.05, 0) is 37.3 Å². The fourth-order valence-corrected chi connectivity index (χ4v) is 5.19. The molecule has 1 N–H and O–H groups in total. The van der Waals surface area contributed by atoms with Gasteiger partial charge in [0.15, 0.2) is 0 Å². The molecule has 0 saturated heterocycles. The molecule has 0 spiro atoms. The van der Waals surface area contributed by atoms with E-state index >= 15 is 0 Å². The molecule has 1 amide bonds. The van der Waals surface area contributed by atoms with Crippen molar-refractivity contribution in [1.29, 1.82) is 0 Å². The second kappa shape index (κ2) is 6.34. The van der Waals surface area contributed by atoms with Gasteiger partial charge in [0.25, 0.3) is 5.91 Å². The molecule has 130 valence electrons. The first-order chi connectivity index (χ1) is 12.8. The molecule has 3 aromatic heterocycles. The Morgan fingerprint density at radius 2 is 1.96 bits per heavy atom. The van der Waals surface area contributed by atoms with E-state index in [1.807, 2.05) is 42.6 Å². The Labute approximate surface area is 158 Å². The number of thiophene rings is 1. The average Bonchev–Trinajstić information content (AvgIpc) is 3.34. The van der Waals surface area contributed by atoms with Crippen molar-refractivity contribution in [3.05, 3.63) is 57.9 Å². The van der Waals surface area contributed by atoms with Crippen molar-refractivity contribution in [2.45, 2.75) is 25.7 Å². The predicted octanol–water partition coefficient (Wildman–Crippen LogP) is 4.65. The summed E-state index contributed by atoms with van der Waals surface area (Å²) in [5, 5.41) is 7.94. The van der Waals surface area contributed by atoms with E-state index in [-0.39, 0.29) is 5.91 Å². The molecular weight excluding hydrogens is 364 g/mol.